The second-order valence-electron chi connectivity index (χ2n) is 4.52. The van der Waals surface area contributed by atoms with Crippen LogP contribution in [0.1, 0.15) is 24.5 Å². The van der Waals surface area contributed by atoms with Crippen LogP contribution in [-0.4, -0.2) is 4.99 Å². The van der Waals surface area contributed by atoms with Gasteiger partial charge in [-0.2, -0.15) is 0 Å². The van der Waals surface area contributed by atoms with E-state index < -0.39 is 0 Å². The largest absolute Gasteiger partial charge is 0.406 e. The van der Waals surface area contributed by atoms with Crippen molar-refractivity contribution in [2.45, 2.75) is 19.9 Å². The lowest BCUT2D eigenvalue weighted by atomic mass is 10.2. The molecule has 0 unspecified atom stereocenters. The molecule has 0 heterocycles. The maximum absolute atomic E-state index is 6.34. The molecule has 112 valence electrons. The molecule has 2 aromatic rings. The lowest BCUT2D eigenvalue weighted by Gasteiger charge is -2.11. The molecule has 0 fully saturated rings. The Bertz CT molecular complexity index is 704. The van der Waals surface area contributed by atoms with Crippen molar-refractivity contribution in [3.05, 3.63) is 64.7 Å². The SMILES string of the molecule is CCC#COc1cccc(C(=S)NCc2ccccc2)c1Cl. The lowest BCUT2D eigenvalue weighted by molar-refractivity contribution is 0.519. The highest BCUT2D eigenvalue weighted by Crippen LogP contribution is 2.28. The number of thiocarbonyl (C=S) groups is 1. The van der Waals surface area contributed by atoms with Crippen LogP contribution in [0.3, 0.4) is 0 Å². The quantitative estimate of drug-likeness (QED) is 0.656. The van der Waals surface area contributed by atoms with E-state index in [2.05, 4.69) is 17.3 Å². The maximum atomic E-state index is 6.34. The minimum absolute atomic E-state index is 0.471. The number of hydrogen-bond donors (Lipinski definition) is 1. The molecule has 0 radical (unpaired) electrons. The van der Waals surface area contributed by atoms with E-state index in [-0.39, 0.29) is 0 Å². The number of ether oxygens (including phenoxy) is 1. The first-order chi connectivity index (χ1) is 10.7. The van der Waals surface area contributed by atoms with Crippen molar-refractivity contribution in [3.8, 4) is 17.8 Å². The molecule has 1 N–H and O–H groups in total. The van der Waals surface area contributed by atoms with Crippen molar-refractivity contribution in [1.82, 2.24) is 5.32 Å². The Hall–Kier alpha value is -2.02. The van der Waals surface area contributed by atoms with Crippen LogP contribution in [0.4, 0.5) is 0 Å². The van der Waals surface area contributed by atoms with E-state index in [1.54, 1.807) is 6.07 Å². The summed E-state index contributed by atoms with van der Waals surface area (Å²) in [5.41, 5.74) is 1.89. The molecule has 0 aliphatic rings. The molecule has 0 atom stereocenters. The minimum atomic E-state index is 0.471. The van der Waals surface area contributed by atoms with Gasteiger partial charge in [-0.3, -0.25) is 0 Å². The fourth-order valence-electron chi connectivity index (χ4n) is 1.80. The van der Waals surface area contributed by atoms with Crippen LogP contribution in [0, 0.1) is 12.0 Å². The molecule has 2 nitrogen and oxygen atoms in total. The first-order valence-electron chi connectivity index (χ1n) is 6.97. The highest BCUT2D eigenvalue weighted by Gasteiger charge is 2.11. The van der Waals surface area contributed by atoms with Gasteiger partial charge in [0.05, 0.1) is 5.02 Å². The van der Waals surface area contributed by atoms with Crippen molar-refractivity contribution in [2.24, 2.45) is 0 Å². The van der Waals surface area contributed by atoms with Gasteiger partial charge in [-0.25, -0.2) is 0 Å². The fourth-order valence-corrected chi connectivity index (χ4v) is 2.36. The molecular weight excluding hydrogens is 314 g/mol. The van der Waals surface area contributed by atoms with Gasteiger partial charge in [0.25, 0.3) is 0 Å². The van der Waals surface area contributed by atoms with Gasteiger partial charge in [0.15, 0.2) is 5.75 Å². The first-order valence-corrected chi connectivity index (χ1v) is 7.76. The summed E-state index contributed by atoms with van der Waals surface area (Å²) in [4.78, 5) is 0.586. The van der Waals surface area contributed by atoms with Crippen LogP contribution < -0.4 is 10.1 Å². The molecule has 4 heteroatoms. The van der Waals surface area contributed by atoms with Crippen LogP contribution in [-0.2, 0) is 6.54 Å². The maximum Gasteiger partial charge on any atom is 0.159 e. The van der Waals surface area contributed by atoms with Gasteiger partial charge in [-0.1, -0.05) is 79.1 Å². The van der Waals surface area contributed by atoms with E-state index in [9.17, 15) is 0 Å². The summed E-state index contributed by atoms with van der Waals surface area (Å²) in [5, 5.41) is 3.68. The molecule has 0 bridgehead atoms. The Kier molecular flexibility index (Phi) is 6.27. The Morgan fingerprint density at radius 1 is 1.18 bits per heavy atom. The molecule has 0 spiro atoms. The summed E-state index contributed by atoms with van der Waals surface area (Å²) < 4.78 is 5.35. The summed E-state index contributed by atoms with van der Waals surface area (Å²) in [6.45, 7) is 2.60. The van der Waals surface area contributed by atoms with E-state index in [1.807, 2.05) is 49.4 Å². The van der Waals surface area contributed by atoms with Crippen LogP contribution >= 0.6 is 23.8 Å². The van der Waals surface area contributed by atoms with Crippen LogP contribution in [0.25, 0.3) is 0 Å². The van der Waals surface area contributed by atoms with Gasteiger partial charge in [0, 0.05) is 18.5 Å². The Labute approximate surface area is 141 Å². The zero-order valence-electron chi connectivity index (χ0n) is 12.2. The summed E-state index contributed by atoms with van der Waals surface area (Å²) >= 11 is 11.8. The molecular formula is C18H16ClNOS. The average Bonchev–Trinajstić information content (AvgIpc) is 2.55. The highest BCUT2D eigenvalue weighted by molar-refractivity contribution is 7.80. The van der Waals surface area contributed by atoms with Gasteiger partial charge in [-0.15, -0.1) is 0 Å². The monoisotopic (exact) mass is 329 g/mol. The van der Waals surface area contributed by atoms with Crippen molar-refractivity contribution in [1.29, 1.82) is 0 Å². The van der Waals surface area contributed by atoms with Crippen LogP contribution in [0.15, 0.2) is 48.5 Å². The van der Waals surface area contributed by atoms with Crippen LogP contribution in [0.5, 0.6) is 5.75 Å². The molecule has 0 aliphatic heterocycles. The van der Waals surface area contributed by atoms with Crippen molar-refractivity contribution in [3.63, 3.8) is 0 Å². The topological polar surface area (TPSA) is 21.3 Å². The molecule has 0 saturated carbocycles. The molecule has 0 saturated heterocycles. The Morgan fingerprint density at radius 3 is 2.68 bits per heavy atom. The van der Waals surface area contributed by atoms with E-state index in [1.165, 1.54) is 0 Å². The molecule has 2 aromatic carbocycles. The molecule has 2 rings (SSSR count). The number of benzene rings is 2. The predicted molar refractivity (Wildman–Crippen MR) is 95.1 cm³/mol. The number of hydrogen-bond acceptors (Lipinski definition) is 2. The average molecular weight is 330 g/mol. The van der Waals surface area contributed by atoms with Crippen molar-refractivity contribution in [2.75, 3.05) is 0 Å². The van der Waals surface area contributed by atoms with Gasteiger partial charge in [0.1, 0.15) is 11.1 Å². The normalized spacial score (nSPS) is 9.55. The second kappa shape index (κ2) is 8.43. The smallest absolute Gasteiger partial charge is 0.159 e. The molecule has 0 amide bonds. The zero-order chi connectivity index (χ0) is 15.8. The number of nitrogens with one attached hydrogen (secondary N) is 1. The summed E-state index contributed by atoms with van der Waals surface area (Å²) in [6.07, 6.45) is 3.35. The molecule has 0 aromatic heterocycles. The highest BCUT2D eigenvalue weighted by atomic mass is 35.5. The summed E-state index contributed by atoms with van der Waals surface area (Å²) in [6, 6.07) is 15.5. The summed E-state index contributed by atoms with van der Waals surface area (Å²) in [7, 11) is 0. The Balaban J connectivity index is 2.07. The first kappa shape index (κ1) is 16.4. The van der Waals surface area contributed by atoms with Crippen molar-refractivity contribution < 1.29 is 4.74 Å². The van der Waals surface area contributed by atoms with E-state index in [4.69, 9.17) is 28.6 Å². The number of halogens is 1. The lowest BCUT2D eigenvalue weighted by Crippen LogP contribution is -2.22. The van der Waals surface area contributed by atoms with E-state index in [0.717, 1.165) is 17.5 Å². The van der Waals surface area contributed by atoms with Gasteiger partial charge in [-0.05, 0) is 11.6 Å². The standard InChI is InChI=1S/C18H16ClNOS/c1-2-3-12-21-16-11-7-10-15(17(16)19)18(22)20-13-14-8-5-4-6-9-14/h4-11H,2,13H2,1H3,(H,20,22). The van der Waals surface area contributed by atoms with Crippen molar-refractivity contribution >= 4 is 28.8 Å². The summed E-state index contributed by atoms with van der Waals surface area (Å²) in [5.74, 6) is 3.36. The van der Waals surface area contributed by atoms with Gasteiger partial charge in [0.2, 0.25) is 0 Å². The second-order valence-corrected chi connectivity index (χ2v) is 5.31. The van der Waals surface area contributed by atoms with Gasteiger partial charge < -0.3 is 10.1 Å². The van der Waals surface area contributed by atoms with E-state index in [0.29, 0.717) is 22.3 Å². The van der Waals surface area contributed by atoms with Gasteiger partial charge >= 0.3 is 0 Å². The zero-order valence-corrected chi connectivity index (χ0v) is 13.8. The third-order valence-corrected chi connectivity index (χ3v) is 3.67. The molecule has 22 heavy (non-hydrogen) atoms. The Morgan fingerprint density at radius 2 is 1.95 bits per heavy atom. The third kappa shape index (κ3) is 4.49. The molecule has 0 aliphatic carbocycles. The number of rotatable bonds is 4. The predicted octanol–water partition coefficient (Wildman–Crippen LogP) is 4.56. The van der Waals surface area contributed by atoms with Crippen LogP contribution in [0.2, 0.25) is 5.02 Å². The minimum Gasteiger partial charge on any atom is -0.406 e. The third-order valence-electron chi connectivity index (χ3n) is 2.91. The van der Waals surface area contributed by atoms with E-state index >= 15 is 0 Å². The fraction of sp³-hybridized carbons (Fsp3) is 0.167.